The van der Waals surface area contributed by atoms with Crippen molar-refractivity contribution in [2.45, 2.75) is 4.90 Å². The molecule has 3 rings (SSSR count). The molecule has 0 spiro atoms. The third kappa shape index (κ3) is 5.45. The van der Waals surface area contributed by atoms with Crippen LogP contribution in [0.15, 0.2) is 83.8 Å². The molecular formula is C22H19FN2O4S. The molecule has 0 aliphatic heterocycles. The number of ether oxygens (including phenoxy) is 1. The maximum Gasteiger partial charge on any atom is 0.262 e. The summed E-state index contributed by atoms with van der Waals surface area (Å²) in [6.45, 7) is 0. The SMILES string of the molecule is COc1ccccc1NS(=O)(=O)c1cccc(NC(=O)/C=C/c2cccc(F)c2)c1. The van der Waals surface area contributed by atoms with Gasteiger partial charge in [0, 0.05) is 11.8 Å². The molecule has 30 heavy (non-hydrogen) atoms. The van der Waals surface area contributed by atoms with Gasteiger partial charge in [-0.15, -0.1) is 0 Å². The zero-order valence-electron chi connectivity index (χ0n) is 16.0. The molecule has 0 atom stereocenters. The van der Waals surface area contributed by atoms with Crippen LogP contribution in [0.1, 0.15) is 5.56 Å². The van der Waals surface area contributed by atoms with Crippen molar-refractivity contribution in [2.24, 2.45) is 0 Å². The van der Waals surface area contributed by atoms with Gasteiger partial charge in [0.05, 0.1) is 17.7 Å². The second-order valence-electron chi connectivity index (χ2n) is 6.21. The Labute approximate surface area is 174 Å². The van der Waals surface area contributed by atoms with E-state index >= 15 is 0 Å². The van der Waals surface area contributed by atoms with Crippen LogP contribution in [0.3, 0.4) is 0 Å². The summed E-state index contributed by atoms with van der Waals surface area (Å²) in [5, 5.41) is 2.59. The maximum absolute atomic E-state index is 13.2. The lowest BCUT2D eigenvalue weighted by Gasteiger charge is -2.12. The van der Waals surface area contributed by atoms with Gasteiger partial charge in [-0.3, -0.25) is 9.52 Å². The van der Waals surface area contributed by atoms with E-state index in [-0.39, 0.29) is 4.90 Å². The van der Waals surface area contributed by atoms with Crippen molar-refractivity contribution < 1.29 is 22.3 Å². The highest BCUT2D eigenvalue weighted by Gasteiger charge is 2.17. The molecule has 0 fully saturated rings. The van der Waals surface area contributed by atoms with Crippen molar-refractivity contribution in [3.63, 3.8) is 0 Å². The Hall–Kier alpha value is -3.65. The fourth-order valence-corrected chi connectivity index (χ4v) is 3.76. The molecule has 3 aromatic rings. The number of halogens is 1. The Morgan fingerprint density at radius 2 is 1.77 bits per heavy atom. The first kappa shape index (κ1) is 21.1. The minimum Gasteiger partial charge on any atom is -0.495 e. The van der Waals surface area contributed by atoms with Gasteiger partial charge in [-0.1, -0.05) is 30.3 Å². The highest BCUT2D eigenvalue weighted by atomic mass is 32.2. The van der Waals surface area contributed by atoms with Crippen LogP contribution in [-0.2, 0) is 14.8 Å². The molecular weight excluding hydrogens is 407 g/mol. The van der Waals surface area contributed by atoms with Crippen LogP contribution < -0.4 is 14.8 Å². The quantitative estimate of drug-likeness (QED) is 0.552. The van der Waals surface area contributed by atoms with Gasteiger partial charge >= 0.3 is 0 Å². The molecule has 3 aromatic carbocycles. The van der Waals surface area contributed by atoms with Gasteiger partial charge in [0.1, 0.15) is 11.6 Å². The molecule has 6 nitrogen and oxygen atoms in total. The predicted octanol–water partition coefficient (Wildman–Crippen LogP) is 4.29. The molecule has 0 aromatic heterocycles. The van der Waals surface area contributed by atoms with E-state index in [0.29, 0.717) is 22.7 Å². The van der Waals surface area contributed by atoms with Crippen LogP contribution in [-0.4, -0.2) is 21.4 Å². The van der Waals surface area contributed by atoms with Crippen molar-refractivity contribution in [1.29, 1.82) is 0 Å². The van der Waals surface area contributed by atoms with Crippen molar-refractivity contribution in [3.8, 4) is 5.75 Å². The zero-order chi connectivity index (χ0) is 21.6. The lowest BCUT2D eigenvalue weighted by Crippen LogP contribution is -2.14. The molecule has 0 saturated heterocycles. The maximum atomic E-state index is 13.2. The number of rotatable bonds is 7. The number of carbonyl (C=O) groups excluding carboxylic acids is 1. The number of sulfonamides is 1. The largest absolute Gasteiger partial charge is 0.495 e. The lowest BCUT2D eigenvalue weighted by molar-refractivity contribution is -0.111. The van der Waals surface area contributed by atoms with E-state index in [9.17, 15) is 17.6 Å². The first-order valence-corrected chi connectivity index (χ1v) is 10.4. The molecule has 2 N–H and O–H groups in total. The van der Waals surface area contributed by atoms with Gasteiger partial charge in [-0.05, 0) is 54.1 Å². The number of para-hydroxylation sites is 2. The molecule has 0 unspecified atom stereocenters. The van der Waals surface area contributed by atoms with Gasteiger partial charge < -0.3 is 10.1 Å². The zero-order valence-corrected chi connectivity index (χ0v) is 16.8. The Morgan fingerprint density at radius 3 is 2.53 bits per heavy atom. The molecule has 154 valence electrons. The normalized spacial score (nSPS) is 11.3. The number of benzene rings is 3. The summed E-state index contributed by atoms with van der Waals surface area (Å²) in [6, 6.07) is 18.3. The van der Waals surface area contributed by atoms with Crippen LogP contribution in [0.25, 0.3) is 6.08 Å². The number of hydrogen-bond acceptors (Lipinski definition) is 4. The molecule has 0 aliphatic carbocycles. The second kappa shape index (κ2) is 9.23. The molecule has 0 bridgehead atoms. The number of methoxy groups -OCH3 is 1. The number of amides is 1. The van der Waals surface area contributed by atoms with E-state index in [4.69, 9.17) is 4.74 Å². The standard InChI is InChI=1S/C22H19FN2O4S/c1-29-21-11-3-2-10-20(21)25-30(27,28)19-9-5-8-18(15-19)24-22(26)13-12-16-6-4-7-17(23)14-16/h2-15,25H,1H3,(H,24,26)/b13-12+. The van der Waals surface area contributed by atoms with Gasteiger partial charge in [0.25, 0.3) is 10.0 Å². The number of anilines is 2. The van der Waals surface area contributed by atoms with Crippen molar-refractivity contribution in [3.05, 3.63) is 90.3 Å². The van der Waals surface area contributed by atoms with E-state index in [1.54, 1.807) is 36.4 Å². The minimum absolute atomic E-state index is 0.0275. The van der Waals surface area contributed by atoms with E-state index < -0.39 is 21.7 Å². The summed E-state index contributed by atoms with van der Waals surface area (Å²) in [4.78, 5) is 12.1. The smallest absolute Gasteiger partial charge is 0.262 e. The van der Waals surface area contributed by atoms with Crippen molar-refractivity contribution >= 4 is 33.4 Å². The fourth-order valence-electron chi connectivity index (χ4n) is 2.64. The number of hydrogen-bond donors (Lipinski definition) is 2. The monoisotopic (exact) mass is 426 g/mol. The highest BCUT2D eigenvalue weighted by Crippen LogP contribution is 2.26. The van der Waals surface area contributed by atoms with Gasteiger partial charge in [-0.25, -0.2) is 12.8 Å². The molecule has 0 saturated carbocycles. The Kier molecular flexibility index (Phi) is 6.48. The molecule has 0 heterocycles. The molecule has 1 amide bonds. The van der Waals surface area contributed by atoms with E-state index in [0.717, 1.165) is 0 Å². The Morgan fingerprint density at radius 1 is 1.00 bits per heavy atom. The Balaban J connectivity index is 1.74. The summed E-state index contributed by atoms with van der Waals surface area (Å²) in [5.74, 6) is -0.502. The van der Waals surface area contributed by atoms with Crippen LogP contribution in [0, 0.1) is 5.82 Å². The van der Waals surface area contributed by atoms with E-state index in [1.807, 2.05) is 0 Å². The topological polar surface area (TPSA) is 84.5 Å². The molecule has 0 radical (unpaired) electrons. The summed E-state index contributed by atoms with van der Waals surface area (Å²) in [7, 11) is -2.46. The third-order valence-corrected chi connectivity index (χ3v) is 5.40. The highest BCUT2D eigenvalue weighted by molar-refractivity contribution is 7.92. The van der Waals surface area contributed by atoms with Crippen molar-refractivity contribution in [2.75, 3.05) is 17.1 Å². The van der Waals surface area contributed by atoms with E-state index in [1.165, 1.54) is 55.7 Å². The van der Waals surface area contributed by atoms with Gasteiger partial charge in [0.15, 0.2) is 0 Å². The predicted molar refractivity (Wildman–Crippen MR) is 114 cm³/mol. The number of carbonyl (C=O) groups is 1. The second-order valence-corrected chi connectivity index (χ2v) is 7.89. The summed E-state index contributed by atoms with van der Waals surface area (Å²) >= 11 is 0. The first-order chi connectivity index (χ1) is 14.4. The summed E-state index contributed by atoms with van der Waals surface area (Å²) < 4.78 is 46.3. The first-order valence-electron chi connectivity index (χ1n) is 8.88. The van der Waals surface area contributed by atoms with Crippen molar-refractivity contribution in [1.82, 2.24) is 0 Å². The third-order valence-electron chi connectivity index (χ3n) is 4.04. The Bertz CT molecular complexity index is 1190. The fraction of sp³-hybridized carbons (Fsp3) is 0.0455. The number of nitrogens with one attached hydrogen (secondary N) is 2. The van der Waals surface area contributed by atoms with Crippen LogP contribution in [0.5, 0.6) is 5.75 Å². The average molecular weight is 426 g/mol. The molecule has 8 heteroatoms. The summed E-state index contributed by atoms with van der Waals surface area (Å²) in [5.41, 5.74) is 1.13. The van der Waals surface area contributed by atoms with Crippen LogP contribution in [0.2, 0.25) is 0 Å². The average Bonchev–Trinajstić information content (AvgIpc) is 2.73. The lowest BCUT2D eigenvalue weighted by atomic mass is 10.2. The summed E-state index contributed by atoms with van der Waals surface area (Å²) in [6.07, 6.45) is 2.70. The van der Waals surface area contributed by atoms with Gasteiger partial charge in [0.2, 0.25) is 5.91 Å². The van der Waals surface area contributed by atoms with Gasteiger partial charge in [-0.2, -0.15) is 0 Å². The van der Waals surface area contributed by atoms with E-state index in [2.05, 4.69) is 10.0 Å². The van der Waals surface area contributed by atoms with Crippen LogP contribution >= 0.6 is 0 Å². The molecule has 0 aliphatic rings. The van der Waals surface area contributed by atoms with Crippen LogP contribution in [0.4, 0.5) is 15.8 Å². The minimum atomic E-state index is -3.91.